The van der Waals surface area contributed by atoms with Gasteiger partial charge in [-0.25, -0.2) is 4.39 Å². The van der Waals surface area contributed by atoms with Gasteiger partial charge in [0.05, 0.1) is 0 Å². The van der Waals surface area contributed by atoms with Crippen molar-refractivity contribution in [3.63, 3.8) is 0 Å². The molecule has 0 amide bonds. The van der Waals surface area contributed by atoms with Crippen LogP contribution in [0.4, 0.5) is 4.39 Å². The third-order valence-corrected chi connectivity index (χ3v) is 3.30. The lowest BCUT2D eigenvalue weighted by Crippen LogP contribution is -2.12. The molecule has 0 aliphatic rings. The van der Waals surface area contributed by atoms with E-state index >= 15 is 0 Å². The van der Waals surface area contributed by atoms with Crippen molar-refractivity contribution < 1.29 is 9.13 Å². The van der Waals surface area contributed by atoms with Crippen molar-refractivity contribution >= 4 is 15.9 Å². The summed E-state index contributed by atoms with van der Waals surface area (Å²) in [5, 5.41) is 3.28. The molecule has 0 bridgehead atoms. The lowest BCUT2D eigenvalue weighted by molar-refractivity contribution is 0.467. The summed E-state index contributed by atoms with van der Waals surface area (Å²) in [6.45, 7) is 5.71. The molecule has 0 unspecified atom stereocenters. The largest absolute Gasteiger partial charge is 0.457 e. The van der Waals surface area contributed by atoms with Gasteiger partial charge in [-0.1, -0.05) is 40.5 Å². The lowest BCUT2D eigenvalue weighted by atomic mass is 10.1. The minimum atomic E-state index is -0.324. The Morgan fingerprint density at radius 2 is 2.00 bits per heavy atom. The second-order valence-electron chi connectivity index (χ2n) is 4.60. The highest BCUT2D eigenvalue weighted by Gasteiger charge is 2.07. The molecule has 0 aliphatic heterocycles. The van der Waals surface area contributed by atoms with Gasteiger partial charge in [-0.05, 0) is 31.7 Å². The van der Waals surface area contributed by atoms with E-state index in [4.69, 9.17) is 4.74 Å². The van der Waals surface area contributed by atoms with Gasteiger partial charge in [0, 0.05) is 22.6 Å². The molecule has 0 aliphatic carbocycles. The summed E-state index contributed by atoms with van der Waals surface area (Å²) >= 11 is 3.27. The van der Waals surface area contributed by atoms with E-state index in [0.717, 1.165) is 24.4 Å². The Hall–Kier alpha value is -1.39. The van der Waals surface area contributed by atoms with Gasteiger partial charge in [0.15, 0.2) is 0 Å². The van der Waals surface area contributed by atoms with Crippen LogP contribution in [-0.4, -0.2) is 6.54 Å². The molecule has 4 heteroatoms. The minimum absolute atomic E-state index is 0.324. The van der Waals surface area contributed by atoms with Gasteiger partial charge in [0.25, 0.3) is 0 Å². The van der Waals surface area contributed by atoms with Gasteiger partial charge in [-0.2, -0.15) is 0 Å². The second-order valence-corrected chi connectivity index (χ2v) is 5.51. The van der Waals surface area contributed by atoms with Crippen LogP contribution in [0.3, 0.4) is 0 Å². The Morgan fingerprint density at radius 3 is 2.70 bits per heavy atom. The smallest absolute Gasteiger partial charge is 0.131 e. The first-order valence-corrected chi connectivity index (χ1v) is 7.32. The Morgan fingerprint density at radius 1 is 1.20 bits per heavy atom. The van der Waals surface area contributed by atoms with E-state index in [2.05, 4.69) is 34.2 Å². The van der Waals surface area contributed by atoms with Gasteiger partial charge < -0.3 is 10.1 Å². The molecule has 20 heavy (non-hydrogen) atoms. The van der Waals surface area contributed by atoms with Crippen LogP contribution in [0.1, 0.15) is 18.1 Å². The summed E-state index contributed by atoms with van der Waals surface area (Å²) in [5.74, 6) is 0.905. The molecule has 0 saturated heterocycles. The van der Waals surface area contributed by atoms with Crippen molar-refractivity contribution in [3.8, 4) is 11.5 Å². The van der Waals surface area contributed by atoms with E-state index in [1.54, 1.807) is 6.07 Å². The van der Waals surface area contributed by atoms with E-state index in [0.29, 0.717) is 10.2 Å². The Kier molecular flexibility index (Phi) is 5.15. The molecule has 2 nitrogen and oxygen atoms in total. The molecule has 106 valence electrons. The molecular weight excluding hydrogens is 321 g/mol. The Balaban J connectivity index is 2.27. The molecule has 0 heterocycles. The highest BCUT2D eigenvalue weighted by Crippen LogP contribution is 2.29. The SMILES string of the molecule is CCNCc1cc(C)ccc1Oc1cc(F)cc(Br)c1. The Labute approximate surface area is 127 Å². The summed E-state index contributed by atoms with van der Waals surface area (Å²) in [5.41, 5.74) is 2.23. The standard InChI is InChI=1S/C16H17BrFNO/c1-3-19-10-12-6-11(2)4-5-16(12)20-15-8-13(17)7-14(18)9-15/h4-9,19H,3,10H2,1-2H3. The van der Waals surface area contributed by atoms with E-state index in [9.17, 15) is 4.39 Å². The van der Waals surface area contributed by atoms with Crippen molar-refractivity contribution in [2.24, 2.45) is 0 Å². The highest BCUT2D eigenvalue weighted by atomic mass is 79.9. The molecule has 1 N–H and O–H groups in total. The number of aryl methyl sites for hydroxylation is 1. The van der Waals surface area contributed by atoms with Crippen molar-refractivity contribution in [1.29, 1.82) is 0 Å². The first kappa shape index (κ1) is 15.0. The first-order valence-electron chi connectivity index (χ1n) is 6.52. The molecule has 0 atom stereocenters. The number of rotatable bonds is 5. The van der Waals surface area contributed by atoms with Gasteiger partial charge in [-0.15, -0.1) is 0 Å². The molecule has 0 saturated carbocycles. The maximum absolute atomic E-state index is 13.4. The fourth-order valence-electron chi connectivity index (χ4n) is 1.92. The predicted molar refractivity (Wildman–Crippen MR) is 82.7 cm³/mol. The third kappa shape index (κ3) is 4.05. The van der Waals surface area contributed by atoms with Crippen LogP contribution in [0, 0.1) is 12.7 Å². The number of halogens is 2. The maximum Gasteiger partial charge on any atom is 0.131 e. The summed E-state index contributed by atoms with van der Waals surface area (Å²) in [4.78, 5) is 0. The van der Waals surface area contributed by atoms with Gasteiger partial charge in [0.1, 0.15) is 17.3 Å². The fraction of sp³-hybridized carbons (Fsp3) is 0.250. The van der Waals surface area contributed by atoms with Gasteiger partial charge in [-0.3, -0.25) is 0 Å². The monoisotopic (exact) mass is 337 g/mol. The quantitative estimate of drug-likeness (QED) is 0.846. The average molecular weight is 338 g/mol. The number of benzene rings is 2. The van der Waals surface area contributed by atoms with Crippen LogP contribution in [0.25, 0.3) is 0 Å². The van der Waals surface area contributed by atoms with Crippen molar-refractivity contribution in [2.45, 2.75) is 20.4 Å². The molecule has 0 fully saturated rings. The average Bonchev–Trinajstić information content (AvgIpc) is 2.38. The van der Waals surface area contributed by atoms with Crippen LogP contribution >= 0.6 is 15.9 Å². The van der Waals surface area contributed by atoms with Crippen molar-refractivity contribution in [3.05, 3.63) is 57.8 Å². The van der Waals surface area contributed by atoms with Crippen LogP contribution in [0.2, 0.25) is 0 Å². The highest BCUT2D eigenvalue weighted by molar-refractivity contribution is 9.10. The molecular formula is C16H17BrFNO. The van der Waals surface area contributed by atoms with E-state index in [1.165, 1.54) is 17.7 Å². The molecule has 2 aromatic carbocycles. The normalized spacial score (nSPS) is 10.6. The lowest BCUT2D eigenvalue weighted by Gasteiger charge is -2.13. The molecule has 2 rings (SSSR count). The number of ether oxygens (including phenoxy) is 1. The number of nitrogens with one attached hydrogen (secondary N) is 1. The second kappa shape index (κ2) is 6.86. The fourth-order valence-corrected chi connectivity index (χ4v) is 2.36. The zero-order valence-electron chi connectivity index (χ0n) is 11.5. The number of hydrogen-bond donors (Lipinski definition) is 1. The zero-order chi connectivity index (χ0) is 14.5. The van der Waals surface area contributed by atoms with Crippen LogP contribution in [0.15, 0.2) is 40.9 Å². The van der Waals surface area contributed by atoms with Crippen LogP contribution in [0.5, 0.6) is 11.5 Å². The van der Waals surface area contributed by atoms with Crippen LogP contribution in [-0.2, 0) is 6.54 Å². The minimum Gasteiger partial charge on any atom is -0.457 e. The first-order chi connectivity index (χ1) is 9.58. The van der Waals surface area contributed by atoms with E-state index in [1.807, 2.05) is 19.1 Å². The van der Waals surface area contributed by atoms with E-state index in [-0.39, 0.29) is 5.82 Å². The summed E-state index contributed by atoms with van der Waals surface area (Å²) in [6.07, 6.45) is 0. The topological polar surface area (TPSA) is 21.3 Å². The summed E-state index contributed by atoms with van der Waals surface area (Å²) in [7, 11) is 0. The van der Waals surface area contributed by atoms with Gasteiger partial charge >= 0.3 is 0 Å². The molecule has 2 aromatic rings. The predicted octanol–water partition coefficient (Wildman–Crippen LogP) is 4.80. The zero-order valence-corrected chi connectivity index (χ0v) is 13.1. The van der Waals surface area contributed by atoms with Gasteiger partial charge in [0.2, 0.25) is 0 Å². The Bertz CT molecular complexity index is 581. The third-order valence-electron chi connectivity index (χ3n) is 2.85. The van der Waals surface area contributed by atoms with E-state index < -0.39 is 0 Å². The van der Waals surface area contributed by atoms with Crippen molar-refractivity contribution in [1.82, 2.24) is 5.32 Å². The number of hydrogen-bond acceptors (Lipinski definition) is 2. The molecule has 0 spiro atoms. The summed E-state index contributed by atoms with van der Waals surface area (Å²) in [6, 6.07) is 10.5. The van der Waals surface area contributed by atoms with Crippen LogP contribution < -0.4 is 10.1 Å². The molecule has 0 radical (unpaired) electrons. The summed E-state index contributed by atoms with van der Waals surface area (Å²) < 4.78 is 19.8. The maximum atomic E-state index is 13.4. The molecule has 0 aromatic heterocycles. The van der Waals surface area contributed by atoms with Crippen molar-refractivity contribution in [2.75, 3.05) is 6.54 Å².